The average molecular weight is 337 g/mol. The van der Waals surface area contributed by atoms with E-state index in [0.717, 1.165) is 17.1 Å². The summed E-state index contributed by atoms with van der Waals surface area (Å²) >= 11 is 1.81. The van der Waals surface area contributed by atoms with Crippen LogP contribution in [-0.2, 0) is 11.3 Å². The zero-order valence-electron chi connectivity index (χ0n) is 13.3. The SMILES string of the molecule is CN(Cc1ccccc1)C[C@@H](NC(=O)N1CCSCC1)C(=O)O. The number of nitrogens with one attached hydrogen (secondary N) is 1. The van der Waals surface area contributed by atoms with E-state index in [-0.39, 0.29) is 12.6 Å². The first kappa shape index (κ1) is 17.6. The van der Waals surface area contributed by atoms with Crippen LogP contribution in [0.1, 0.15) is 5.56 Å². The van der Waals surface area contributed by atoms with E-state index < -0.39 is 12.0 Å². The minimum absolute atomic E-state index is 0.262. The molecular formula is C16H23N3O3S. The van der Waals surface area contributed by atoms with Gasteiger partial charge in [0, 0.05) is 37.7 Å². The topological polar surface area (TPSA) is 72.9 Å². The van der Waals surface area contributed by atoms with Crippen molar-refractivity contribution in [1.82, 2.24) is 15.1 Å². The van der Waals surface area contributed by atoms with Crippen LogP contribution in [0.15, 0.2) is 30.3 Å². The van der Waals surface area contributed by atoms with Gasteiger partial charge in [-0.25, -0.2) is 9.59 Å². The van der Waals surface area contributed by atoms with Gasteiger partial charge in [0.15, 0.2) is 0 Å². The molecule has 0 aromatic heterocycles. The Balaban J connectivity index is 1.87. The summed E-state index contributed by atoms with van der Waals surface area (Å²) in [7, 11) is 1.85. The third-order valence-corrected chi connectivity index (χ3v) is 4.63. The Labute approximate surface area is 140 Å². The van der Waals surface area contributed by atoms with Crippen molar-refractivity contribution in [2.75, 3.05) is 38.2 Å². The minimum Gasteiger partial charge on any atom is -0.480 e. The first-order valence-corrected chi connectivity index (χ1v) is 8.80. The fourth-order valence-corrected chi connectivity index (χ4v) is 3.37. The molecule has 1 aliphatic rings. The summed E-state index contributed by atoms with van der Waals surface area (Å²) in [6, 6.07) is 8.64. The summed E-state index contributed by atoms with van der Waals surface area (Å²) in [6.45, 7) is 2.24. The highest BCUT2D eigenvalue weighted by molar-refractivity contribution is 7.99. The molecule has 1 aliphatic heterocycles. The lowest BCUT2D eigenvalue weighted by Crippen LogP contribution is -2.53. The number of benzene rings is 1. The Morgan fingerprint density at radius 1 is 1.30 bits per heavy atom. The first-order chi connectivity index (χ1) is 11.1. The van der Waals surface area contributed by atoms with Crippen molar-refractivity contribution in [3.8, 4) is 0 Å². The molecule has 6 nitrogen and oxygen atoms in total. The highest BCUT2D eigenvalue weighted by Gasteiger charge is 2.25. The fraction of sp³-hybridized carbons (Fsp3) is 0.500. The molecule has 1 atom stereocenters. The number of carbonyl (C=O) groups excluding carboxylic acids is 1. The number of carboxylic acids is 1. The van der Waals surface area contributed by atoms with Crippen molar-refractivity contribution in [3.63, 3.8) is 0 Å². The molecule has 0 unspecified atom stereocenters. The zero-order chi connectivity index (χ0) is 16.7. The molecule has 1 aromatic carbocycles. The number of urea groups is 1. The number of nitrogens with zero attached hydrogens (tertiary/aromatic N) is 2. The Morgan fingerprint density at radius 3 is 2.57 bits per heavy atom. The number of carbonyl (C=O) groups is 2. The molecule has 0 aliphatic carbocycles. The van der Waals surface area contributed by atoms with Crippen LogP contribution in [0.25, 0.3) is 0 Å². The van der Waals surface area contributed by atoms with Crippen molar-refractivity contribution in [1.29, 1.82) is 0 Å². The molecule has 2 N–H and O–H groups in total. The van der Waals surface area contributed by atoms with E-state index in [0.29, 0.717) is 19.6 Å². The average Bonchev–Trinajstić information content (AvgIpc) is 2.55. The third kappa shape index (κ3) is 5.76. The Hall–Kier alpha value is -1.73. The van der Waals surface area contributed by atoms with E-state index >= 15 is 0 Å². The number of carboxylic acid groups (broad SMARTS) is 1. The maximum absolute atomic E-state index is 12.2. The lowest BCUT2D eigenvalue weighted by molar-refractivity contribution is -0.139. The van der Waals surface area contributed by atoms with Crippen LogP contribution in [0, 0.1) is 0 Å². The maximum Gasteiger partial charge on any atom is 0.327 e. The second kappa shape index (κ2) is 8.79. The number of aliphatic carboxylic acids is 1. The van der Waals surface area contributed by atoms with Gasteiger partial charge in [0.25, 0.3) is 0 Å². The van der Waals surface area contributed by atoms with E-state index in [9.17, 15) is 14.7 Å². The molecule has 0 bridgehead atoms. The van der Waals surface area contributed by atoms with Gasteiger partial charge in [0.05, 0.1) is 0 Å². The molecular weight excluding hydrogens is 314 g/mol. The van der Waals surface area contributed by atoms with Crippen LogP contribution in [0.2, 0.25) is 0 Å². The van der Waals surface area contributed by atoms with Gasteiger partial charge in [-0.05, 0) is 12.6 Å². The molecule has 1 aromatic rings. The van der Waals surface area contributed by atoms with Gasteiger partial charge < -0.3 is 15.3 Å². The molecule has 2 amide bonds. The Morgan fingerprint density at radius 2 is 1.96 bits per heavy atom. The number of hydrogen-bond donors (Lipinski definition) is 2. The smallest absolute Gasteiger partial charge is 0.327 e. The molecule has 126 valence electrons. The highest BCUT2D eigenvalue weighted by atomic mass is 32.2. The Kier molecular flexibility index (Phi) is 6.73. The molecule has 7 heteroatoms. The van der Waals surface area contributed by atoms with Crippen LogP contribution in [-0.4, -0.2) is 71.1 Å². The lowest BCUT2D eigenvalue weighted by Gasteiger charge is -2.29. The molecule has 0 saturated carbocycles. The van der Waals surface area contributed by atoms with Gasteiger partial charge in [-0.1, -0.05) is 30.3 Å². The van der Waals surface area contributed by atoms with E-state index in [1.807, 2.05) is 42.3 Å². The normalized spacial score (nSPS) is 16.2. The first-order valence-electron chi connectivity index (χ1n) is 7.64. The van der Waals surface area contributed by atoms with E-state index in [4.69, 9.17) is 0 Å². The second-order valence-electron chi connectivity index (χ2n) is 5.62. The summed E-state index contributed by atoms with van der Waals surface area (Å²) in [5.41, 5.74) is 1.11. The quantitative estimate of drug-likeness (QED) is 0.819. The number of amides is 2. The van der Waals surface area contributed by atoms with Gasteiger partial charge in [-0.2, -0.15) is 11.8 Å². The van der Waals surface area contributed by atoms with Crippen molar-refractivity contribution in [3.05, 3.63) is 35.9 Å². The van der Waals surface area contributed by atoms with Crippen molar-refractivity contribution >= 4 is 23.8 Å². The number of hydrogen-bond acceptors (Lipinski definition) is 4. The molecule has 0 spiro atoms. The van der Waals surface area contributed by atoms with E-state index in [2.05, 4.69) is 5.32 Å². The molecule has 1 fully saturated rings. The van der Waals surface area contributed by atoms with E-state index in [1.165, 1.54) is 0 Å². The highest BCUT2D eigenvalue weighted by Crippen LogP contribution is 2.09. The van der Waals surface area contributed by atoms with Crippen LogP contribution >= 0.6 is 11.8 Å². The molecule has 1 heterocycles. The van der Waals surface area contributed by atoms with Gasteiger partial charge >= 0.3 is 12.0 Å². The number of thioether (sulfide) groups is 1. The van der Waals surface area contributed by atoms with Crippen molar-refractivity contribution in [2.45, 2.75) is 12.6 Å². The number of rotatable bonds is 6. The summed E-state index contributed by atoms with van der Waals surface area (Å²) in [6.07, 6.45) is 0. The third-order valence-electron chi connectivity index (χ3n) is 3.68. The predicted octanol–water partition coefficient (Wildman–Crippen LogP) is 1.33. The summed E-state index contributed by atoms with van der Waals surface area (Å²) in [5.74, 6) is 0.794. The molecule has 2 rings (SSSR count). The van der Waals surface area contributed by atoms with Crippen LogP contribution in [0.4, 0.5) is 4.79 Å². The largest absolute Gasteiger partial charge is 0.480 e. The van der Waals surface area contributed by atoms with Gasteiger partial charge in [0.1, 0.15) is 6.04 Å². The fourth-order valence-electron chi connectivity index (χ4n) is 2.46. The molecule has 23 heavy (non-hydrogen) atoms. The van der Waals surface area contributed by atoms with Crippen LogP contribution in [0.5, 0.6) is 0 Å². The summed E-state index contributed by atoms with van der Waals surface area (Å²) in [4.78, 5) is 27.2. The summed E-state index contributed by atoms with van der Waals surface area (Å²) < 4.78 is 0. The Bertz CT molecular complexity index is 521. The minimum atomic E-state index is -1.01. The number of likely N-dealkylation sites (N-methyl/N-ethyl adjacent to an activating group) is 1. The van der Waals surface area contributed by atoms with E-state index in [1.54, 1.807) is 16.7 Å². The van der Waals surface area contributed by atoms with Gasteiger partial charge in [-0.3, -0.25) is 4.90 Å². The lowest BCUT2D eigenvalue weighted by atomic mass is 10.2. The predicted molar refractivity (Wildman–Crippen MR) is 91.6 cm³/mol. The van der Waals surface area contributed by atoms with Crippen LogP contribution < -0.4 is 5.32 Å². The summed E-state index contributed by atoms with van der Waals surface area (Å²) in [5, 5.41) is 12.0. The van der Waals surface area contributed by atoms with Crippen molar-refractivity contribution in [2.24, 2.45) is 0 Å². The van der Waals surface area contributed by atoms with Gasteiger partial charge in [0.2, 0.25) is 0 Å². The second-order valence-corrected chi connectivity index (χ2v) is 6.85. The maximum atomic E-state index is 12.2. The van der Waals surface area contributed by atoms with Gasteiger partial charge in [-0.15, -0.1) is 0 Å². The van der Waals surface area contributed by atoms with Crippen molar-refractivity contribution < 1.29 is 14.7 Å². The zero-order valence-corrected chi connectivity index (χ0v) is 14.1. The van der Waals surface area contributed by atoms with Crippen LogP contribution in [0.3, 0.4) is 0 Å². The molecule has 1 saturated heterocycles. The standard InChI is InChI=1S/C16H23N3O3S/c1-18(11-13-5-3-2-4-6-13)12-14(15(20)21)17-16(22)19-7-9-23-10-8-19/h2-6,14H,7-12H2,1H3,(H,17,22)(H,20,21)/t14-/m1/s1. The monoisotopic (exact) mass is 337 g/mol. The molecule has 0 radical (unpaired) electrons.